The van der Waals surface area contributed by atoms with Crippen molar-refractivity contribution in [2.75, 3.05) is 12.8 Å². The number of thioether (sulfide) groups is 1. The van der Waals surface area contributed by atoms with E-state index in [1.807, 2.05) is 54.6 Å². The first kappa shape index (κ1) is 18.6. The molecule has 0 saturated carbocycles. The smallest absolute Gasteiger partial charge is 0.232 e. The van der Waals surface area contributed by atoms with E-state index in [0.29, 0.717) is 17.3 Å². The van der Waals surface area contributed by atoms with Crippen LogP contribution in [-0.2, 0) is 11.3 Å². The molecule has 1 unspecified atom stereocenters. The van der Waals surface area contributed by atoms with Gasteiger partial charge in [-0.25, -0.2) is 0 Å². The molecule has 3 aromatic rings. The number of hydrogen-bond donors (Lipinski definition) is 0. The molecule has 0 saturated heterocycles. The highest BCUT2D eigenvalue weighted by molar-refractivity contribution is 8.00. The zero-order valence-corrected chi connectivity index (χ0v) is 16.0. The number of carbonyl (C=O) groups excluding carboxylic acids is 1. The summed E-state index contributed by atoms with van der Waals surface area (Å²) in [5.41, 5.74) is 2.30. The molecule has 0 bridgehead atoms. The summed E-state index contributed by atoms with van der Waals surface area (Å²) >= 11 is 7.64. The second kappa shape index (κ2) is 8.97. The summed E-state index contributed by atoms with van der Waals surface area (Å²) in [7, 11) is 1.80. The van der Waals surface area contributed by atoms with Crippen molar-refractivity contribution in [3.63, 3.8) is 0 Å². The minimum atomic E-state index is 0.0706. The summed E-state index contributed by atoms with van der Waals surface area (Å²) in [6.07, 6.45) is 1.62. The summed E-state index contributed by atoms with van der Waals surface area (Å²) in [6.45, 7) is 0.476. The van der Waals surface area contributed by atoms with Gasteiger partial charge in [-0.15, -0.1) is 11.8 Å². The molecule has 3 nitrogen and oxygen atoms in total. The van der Waals surface area contributed by atoms with E-state index >= 15 is 0 Å². The average Bonchev–Trinajstić information content (AvgIpc) is 3.17. The largest absolute Gasteiger partial charge is 0.467 e. The number of furan rings is 1. The Labute approximate surface area is 163 Å². The minimum absolute atomic E-state index is 0.0706. The molecule has 26 heavy (non-hydrogen) atoms. The normalized spacial score (nSPS) is 11.9. The van der Waals surface area contributed by atoms with Crippen LogP contribution < -0.4 is 0 Å². The van der Waals surface area contributed by atoms with Crippen molar-refractivity contribution in [2.45, 2.75) is 11.8 Å². The second-order valence-electron chi connectivity index (χ2n) is 5.98. The summed E-state index contributed by atoms with van der Waals surface area (Å²) in [6, 6.07) is 21.7. The van der Waals surface area contributed by atoms with Crippen molar-refractivity contribution in [2.24, 2.45) is 0 Å². The fourth-order valence-corrected chi connectivity index (χ4v) is 3.99. The van der Waals surface area contributed by atoms with E-state index in [0.717, 1.165) is 11.3 Å². The number of nitrogens with zero attached hydrogens (tertiary/aromatic N) is 1. The lowest BCUT2D eigenvalue weighted by Gasteiger charge is -2.20. The van der Waals surface area contributed by atoms with Gasteiger partial charge in [-0.3, -0.25) is 4.79 Å². The second-order valence-corrected chi connectivity index (χ2v) is 7.51. The fourth-order valence-electron chi connectivity index (χ4n) is 2.64. The highest BCUT2D eigenvalue weighted by atomic mass is 35.5. The third-order valence-corrected chi connectivity index (χ3v) is 5.59. The number of rotatable bonds is 7. The Kier molecular flexibility index (Phi) is 6.42. The molecule has 0 radical (unpaired) electrons. The van der Waals surface area contributed by atoms with Crippen molar-refractivity contribution >= 4 is 29.3 Å². The lowest BCUT2D eigenvalue weighted by atomic mass is 10.0. The highest BCUT2D eigenvalue weighted by Crippen LogP contribution is 2.36. The Morgan fingerprint density at radius 1 is 1.04 bits per heavy atom. The van der Waals surface area contributed by atoms with Gasteiger partial charge in [-0.1, -0.05) is 54.1 Å². The SMILES string of the molecule is CN(Cc1ccco1)C(=O)CSC(c1ccccc1)c1ccc(Cl)cc1. The zero-order valence-electron chi connectivity index (χ0n) is 14.5. The van der Waals surface area contributed by atoms with E-state index in [4.69, 9.17) is 16.0 Å². The van der Waals surface area contributed by atoms with Gasteiger partial charge >= 0.3 is 0 Å². The van der Waals surface area contributed by atoms with E-state index < -0.39 is 0 Å². The predicted octanol–water partition coefficient (Wildman–Crippen LogP) is 5.41. The molecule has 5 heteroatoms. The topological polar surface area (TPSA) is 33.5 Å². The van der Waals surface area contributed by atoms with Crippen LogP contribution in [0.2, 0.25) is 5.02 Å². The van der Waals surface area contributed by atoms with E-state index in [1.54, 1.807) is 30.0 Å². The molecule has 0 aliphatic carbocycles. The van der Waals surface area contributed by atoms with E-state index in [2.05, 4.69) is 12.1 Å². The molecule has 1 atom stereocenters. The van der Waals surface area contributed by atoms with Crippen LogP contribution in [0.25, 0.3) is 0 Å². The van der Waals surface area contributed by atoms with Gasteiger partial charge in [-0.05, 0) is 35.4 Å². The number of benzene rings is 2. The molecule has 1 amide bonds. The molecular formula is C21H20ClNO2S. The van der Waals surface area contributed by atoms with Crippen molar-refractivity contribution in [1.82, 2.24) is 4.90 Å². The quantitative estimate of drug-likeness (QED) is 0.545. The highest BCUT2D eigenvalue weighted by Gasteiger charge is 2.18. The Hall–Kier alpha value is -2.17. The molecule has 3 rings (SSSR count). The van der Waals surface area contributed by atoms with Gasteiger partial charge in [-0.2, -0.15) is 0 Å². The van der Waals surface area contributed by atoms with Crippen LogP contribution in [0, 0.1) is 0 Å². The summed E-state index contributed by atoms with van der Waals surface area (Å²) in [5, 5.41) is 0.786. The Morgan fingerprint density at radius 3 is 2.38 bits per heavy atom. The van der Waals surface area contributed by atoms with Crippen molar-refractivity contribution in [3.8, 4) is 0 Å². The van der Waals surface area contributed by atoms with Crippen LogP contribution in [0.4, 0.5) is 0 Å². The van der Waals surface area contributed by atoms with Crippen molar-refractivity contribution in [3.05, 3.63) is 94.9 Å². The summed E-state index contributed by atoms with van der Waals surface area (Å²) in [5.74, 6) is 1.24. The lowest BCUT2D eigenvalue weighted by Crippen LogP contribution is -2.28. The molecular weight excluding hydrogens is 366 g/mol. The fraction of sp³-hybridized carbons (Fsp3) is 0.190. The minimum Gasteiger partial charge on any atom is -0.467 e. The van der Waals surface area contributed by atoms with Crippen LogP contribution in [-0.4, -0.2) is 23.6 Å². The Morgan fingerprint density at radius 2 is 1.73 bits per heavy atom. The maximum absolute atomic E-state index is 12.5. The first-order valence-electron chi connectivity index (χ1n) is 8.32. The van der Waals surface area contributed by atoms with E-state index in [1.165, 1.54) is 5.56 Å². The Balaban J connectivity index is 1.69. The third-order valence-electron chi connectivity index (χ3n) is 4.05. The van der Waals surface area contributed by atoms with Gasteiger partial charge in [0.2, 0.25) is 5.91 Å². The van der Waals surface area contributed by atoms with Crippen molar-refractivity contribution < 1.29 is 9.21 Å². The number of carbonyl (C=O) groups is 1. The monoisotopic (exact) mass is 385 g/mol. The van der Waals surface area contributed by atoms with Gasteiger partial charge < -0.3 is 9.32 Å². The van der Waals surface area contributed by atoms with Crippen LogP contribution in [0.1, 0.15) is 22.1 Å². The zero-order chi connectivity index (χ0) is 18.4. The molecule has 0 aliphatic heterocycles. The number of hydrogen-bond acceptors (Lipinski definition) is 3. The van der Waals surface area contributed by atoms with Crippen LogP contribution in [0.15, 0.2) is 77.4 Å². The lowest BCUT2D eigenvalue weighted by molar-refractivity contribution is -0.127. The first-order chi connectivity index (χ1) is 12.6. The van der Waals surface area contributed by atoms with Gasteiger partial charge in [0.15, 0.2) is 0 Å². The van der Waals surface area contributed by atoms with E-state index in [9.17, 15) is 4.79 Å². The molecule has 0 aliphatic rings. The number of halogens is 1. The third kappa shape index (κ3) is 4.93. The molecule has 0 fully saturated rings. The predicted molar refractivity (Wildman–Crippen MR) is 107 cm³/mol. The molecule has 134 valence electrons. The van der Waals surface area contributed by atoms with E-state index in [-0.39, 0.29) is 11.2 Å². The van der Waals surface area contributed by atoms with Crippen LogP contribution >= 0.6 is 23.4 Å². The summed E-state index contributed by atoms with van der Waals surface area (Å²) < 4.78 is 5.32. The van der Waals surface area contributed by atoms with Crippen molar-refractivity contribution in [1.29, 1.82) is 0 Å². The Bertz CT molecular complexity index is 819. The van der Waals surface area contributed by atoms with Crippen LogP contribution in [0.3, 0.4) is 0 Å². The van der Waals surface area contributed by atoms with Gasteiger partial charge in [0.05, 0.1) is 23.8 Å². The molecule has 1 aromatic heterocycles. The standard InChI is InChI=1S/C21H20ClNO2S/c1-23(14-19-8-5-13-25-19)20(24)15-26-21(16-6-3-2-4-7-16)17-9-11-18(22)12-10-17/h2-13,21H,14-15H2,1H3. The molecule has 0 spiro atoms. The molecule has 1 heterocycles. The number of amides is 1. The van der Waals surface area contributed by atoms with Gasteiger partial charge in [0, 0.05) is 12.1 Å². The van der Waals surface area contributed by atoms with Crippen LogP contribution in [0.5, 0.6) is 0 Å². The average molecular weight is 386 g/mol. The maximum atomic E-state index is 12.5. The molecule has 0 N–H and O–H groups in total. The maximum Gasteiger partial charge on any atom is 0.232 e. The van der Waals surface area contributed by atoms with Gasteiger partial charge in [0.25, 0.3) is 0 Å². The van der Waals surface area contributed by atoms with Gasteiger partial charge in [0.1, 0.15) is 5.76 Å². The summed E-state index contributed by atoms with van der Waals surface area (Å²) in [4.78, 5) is 14.2. The molecule has 2 aromatic carbocycles. The first-order valence-corrected chi connectivity index (χ1v) is 9.74.